The van der Waals surface area contributed by atoms with Crippen molar-refractivity contribution in [2.75, 3.05) is 0 Å². The topological polar surface area (TPSA) is 37.3 Å². The molecule has 0 aromatic heterocycles. The number of aliphatic carboxylic acids is 1. The molecule has 0 amide bonds. The van der Waals surface area contributed by atoms with Crippen LogP contribution in [0.25, 0.3) is 0 Å². The van der Waals surface area contributed by atoms with E-state index >= 15 is 0 Å². The van der Waals surface area contributed by atoms with Crippen LogP contribution in [0.4, 0.5) is 4.39 Å². The molecule has 2 nitrogen and oxygen atoms in total. The van der Waals surface area contributed by atoms with E-state index in [0.29, 0.717) is 19.3 Å². The summed E-state index contributed by atoms with van der Waals surface area (Å²) < 4.78 is 13.2. The molecular formula is C17H14ClFO2. The molecule has 0 saturated carbocycles. The molecule has 2 aromatic rings. The van der Waals surface area contributed by atoms with Crippen LogP contribution < -0.4 is 0 Å². The Morgan fingerprint density at radius 1 is 1.19 bits per heavy atom. The van der Waals surface area contributed by atoms with Gasteiger partial charge in [-0.1, -0.05) is 41.9 Å². The van der Waals surface area contributed by atoms with Gasteiger partial charge in [0.15, 0.2) is 0 Å². The smallest absolute Gasteiger partial charge is 0.310 e. The molecule has 0 aliphatic heterocycles. The van der Waals surface area contributed by atoms with E-state index in [-0.39, 0.29) is 5.02 Å². The molecule has 1 aliphatic carbocycles. The van der Waals surface area contributed by atoms with Crippen molar-refractivity contribution in [3.63, 3.8) is 0 Å². The highest BCUT2D eigenvalue weighted by Gasteiger charge is 2.43. The van der Waals surface area contributed by atoms with Crippen LogP contribution in [0.2, 0.25) is 5.02 Å². The van der Waals surface area contributed by atoms with E-state index in [1.54, 1.807) is 6.07 Å². The van der Waals surface area contributed by atoms with Crippen LogP contribution in [0, 0.1) is 11.2 Å². The molecule has 21 heavy (non-hydrogen) atoms. The lowest BCUT2D eigenvalue weighted by Crippen LogP contribution is -2.34. The Hall–Kier alpha value is -1.87. The highest BCUT2D eigenvalue weighted by molar-refractivity contribution is 6.30. The molecule has 0 heterocycles. The number of carboxylic acid groups (broad SMARTS) is 1. The first-order valence-electron chi connectivity index (χ1n) is 6.74. The van der Waals surface area contributed by atoms with Gasteiger partial charge in [0.1, 0.15) is 5.82 Å². The van der Waals surface area contributed by atoms with Gasteiger partial charge in [-0.05, 0) is 48.1 Å². The van der Waals surface area contributed by atoms with Gasteiger partial charge in [-0.25, -0.2) is 4.39 Å². The molecule has 4 heteroatoms. The Bertz CT molecular complexity index is 687. The van der Waals surface area contributed by atoms with E-state index in [9.17, 15) is 14.3 Å². The molecule has 0 atom stereocenters. The number of carbonyl (C=O) groups is 1. The average Bonchev–Trinajstić information content (AvgIpc) is 2.82. The molecule has 1 aliphatic rings. The van der Waals surface area contributed by atoms with Gasteiger partial charge in [-0.2, -0.15) is 0 Å². The van der Waals surface area contributed by atoms with Crippen LogP contribution in [-0.2, 0) is 24.1 Å². The summed E-state index contributed by atoms with van der Waals surface area (Å²) >= 11 is 5.79. The molecule has 1 N–H and O–H groups in total. The molecule has 0 saturated heterocycles. The van der Waals surface area contributed by atoms with E-state index in [1.807, 2.05) is 24.3 Å². The van der Waals surface area contributed by atoms with Crippen molar-refractivity contribution in [1.82, 2.24) is 0 Å². The molecule has 2 aromatic carbocycles. The van der Waals surface area contributed by atoms with Crippen LogP contribution in [0.3, 0.4) is 0 Å². The molecule has 0 spiro atoms. The summed E-state index contributed by atoms with van der Waals surface area (Å²) in [6, 6.07) is 12.2. The van der Waals surface area contributed by atoms with E-state index in [4.69, 9.17) is 11.6 Å². The van der Waals surface area contributed by atoms with Gasteiger partial charge in [0.05, 0.1) is 10.4 Å². The largest absolute Gasteiger partial charge is 0.481 e. The first-order valence-corrected chi connectivity index (χ1v) is 7.12. The monoisotopic (exact) mass is 304 g/mol. The second kappa shape index (κ2) is 5.15. The van der Waals surface area contributed by atoms with Crippen molar-refractivity contribution >= 4 is 17.6 Å². The first-order chi connectivity index (χ1) is 10.00. The molecule has 3 rings (SSSR count). The van der Waals surface area contributed by atoms with Crippen LogP contribution in [0.1, 0.15) is 16.7 Å². The third kappa shape index (κ3) is 2.54. The zero-order chi connectivity index (χ0) is 15.0. The van der Waals surface area contributed by atoms with Crippen LogP contribution in [-0.4, -0.2) is 11.1 Å². The number of hydrogen-bond donors (Lipinski definition) is 1. The van der Waals surface area contributed by atoms with Crippen molar-refractivity contribution in [1.29, 1.82) is 0 Å². The summed E-state index contributed by atoms with van der Waals surface area (Å²) in [7, 11) is 0. The highest BCUT2D eigenvalue weighted by atomic mass is 35.5. The summed E-state index contributed by atoms with van der Waals surface area (Å²) in [6.45, 7) is 0. The summed E-state index contributed by atoms with van der Waals surface area (Å²) in [6.07, 6.45) is 1.33. The Labute approximate surface area is 127 Å². The fourth-order valence-electron chi connectivity index (χ4n) is 3.09. The van der Waals surface area contributed by atoms with Crippen molar-refractivity contribution < 1.29 is 14.3 Å². The number of hydrogen-bond acceptors (Lipinski definition) is 1. The number of benzene rings is 2. The van der Waals surface area contributed by atoms with Gasteiger partial charge in [0.2, 0.25) is 0 Å². The maximum atomic E-state index is 13.2. The van der Waals surface area contributed by atoms with E-state index in [0.717, 1.165) is 16.7 Å². The predicted octanol–water partition coefficient (Wildman–Crippen LogP) is 3.89. The number of fused-ring (bicyclic) bond motifs is 1. The maximum Gasteiger partial charge on any atom is 0.310 e. The molecular weight excluding hydrogens is 291 g/mol. The molecule has 0 unspecified atom stereocenters. The van der Waals surface area contributed by atoms with E-state index in [1.165, 1.54) is 12.1 Å². The third-order valence-electron chi connectivity index (χ3n) is 4.16. The number of rotatable bonds is 3. The zero-order valence-electron chi connectivity index (χ0n) is 11.3. The van der Waals surface area contributed by atoms with Gasteiger partial charge in [-0.15, -0.1) is 0 Å². The predicted molar refractivity (Wildman–Crippen MR) is 79.0 cm³/mol. The lowest BCUT2D eigenvalue weighted by Gasteiger charge is -2.24. The molecule has 0 bridgehead atoms. The van der Waals surface area contributed by atoms with Gasteiger partial charge in [0.25, 0.3) is 0 Å². The Kier molecular flexibility index (Phi) is 3.46. The van der Waals surface area contributed by atoms with E-state index in [2.05, 4.69) is 0 Å². The van der Waals surface area contributed by atoms with E-state index < -0.39 is 17.2 Å². The standard InChI is InChI=1S/C17H14ClFO2/c18-14-7-11(5-6-15(14)19)8-17(16(20)21)9-12-3-1-2-4-13(12)10-17/h1-7H,8-10H2,(H,20,21). The summed E-state index contributed by atoms with van der Waals surface area (Å²) in [5, 5.41) is 9.75. The number of carboxylic acids is 1. The Balaban J connectivity index is 1.94. The molecule has 0 radical (unpaired) electrons. The minimum Gasteiger partial charge on any atom is -0.481 e. The lowest BCUT2D eigenvalue weighted by atomic mass is 9.79. The average molecular weight is 305 g/mol. The second-order valence-corrected chi connectivity index (χ2v) is 6.04. The van der Waals surface area contributed by atoms with Crippen LogP contribution in [0.15, 0.2) is 42.5 Å². The SMILES string of the molecule is O=C(O)C1(Cc2ccc(F)c(Cl)c2)Cc2ccccc2C1. The molecule has 108 valence electrons. The fraction of sp³-hybridized carbons (Fsp3) is 0.235. The minimum atomic E-state index is -0.870. The van der Waals surface area contributed by atoms with Gasteiger partial charge in [0, 0.05) is 0 Å². The lowest BCUT2D eigenvalue weighted by molar-refractivity contribution is -0.148. The first kappa shape index (κ1) is 14.1. The quantitative estimate of drug-likeness (QED) is 0.934. The third-order valence-corrected chi connectivity index (χ3v) is 4.45. The van der Waals surface area contributed by atoms with Gasteiger partial charge >= 0.3 is 5.97 Å². The highest BCUT2D eigenvalue weighted by Crippen LogP contribution is 2.40. The van der Waals surface area contributed by atoms with Crippen LogP contribution >= 0.6 is 11.6 Å². The maximum absolute atomic E-state index is 13.2. The minimum absolute atomic E-state index is 0.0311. The Morgan fingerprint density at radius 2 is 1.81 bits per heavy atom. The summed E-state index contributed by atoms with van der Waals surface area (Å²) in [5.41, 5.74) is 2.03. The van der Waals surface area contributed by atoms with Gasteiger partial charge in [-0.3, -0.25) is 4.79 Å². The number of halogens is 2. The second-order valence-electron chi connectivity index (χ2n) is 5.63. The van der Waals surface area contributed by atoms with Crippen molar-refractivity contribution in [2.45, 2.75) is 19.3 Å². The summed E-state index contributed by atoms with van der Waals surface area (Å²) in [5.74, 6) is -1.31. The van der Waals surface area contributed by atoms with Crippen molar-refractivity contribution in [3.8, 4) is 0 Å². The summed E-state index contributed by atoms with van der Waals surface area (Å²) in [4.78, 5) is 11.8. The Morgan fingerprint density at radius 3 is 2.33 bits per heavy atom. The fourth-order valence-corrected chi connectivity index (χ4v) is 3.29. The zero-order valence-corrected chi connectivity index (χ0v) is 12.0. The van der Waals surface area contributed by atoms with Crippen molar-refractivity contribution in [2.24, 2.45) is 5.41 Å². The van der Waals surface area contributed by atoms with Crippen molar-refractivity contribution in [3.05, 3.63) is 70.0 Å². The van der Waals surface area contributed by atoms with Gasteiger partial charge < -0.3 is 5.11 Å². The van der Waals surface area contributed by atoms with Crippen LogP contribution in [0.5, 0.6) is 0 Å². The normalized spacial score (nSPS) is 15.7. The molecule has 0 fully saturated rings.